The maximum atomic E-state index is 14.1. The summed E-state index contributed by atoms with van der Waals surface area (Å²) in [7, 11) is 0. The van der Waals surface area contributed by atoms with Gasteiger partial charge in [0.2, 0.25) is 11.8 Å². The normalized spacial score (nSPS) is 35.0. The summed E-state index contributed by atoms with van der Waals surface area (Å²) in [6.45, 7) is 0. The van der Waals surface area contributed by atoms with Crippen LogP contribution in [-0.4, -0.2) is 48.8 Å². The molecule has 4 fully saturated rings. The minimum atomic E-state index is -0.452. The third-order valence-electron chi connectivity index (χ3n) is 8.97. The van der Waals surface area contributed by atoms with E-state index in [4.69, 9.17) is 11.5 Å². The second-order valence-electron chi connectivity index (χ2n) is 10.7. The van der Waals surface area contributed by atoms with Crippen molar-refractivity contribution >= 4 is 17.6 Å². The molecule has 0 spiro atoms. The highest BCUT2D eigenvalue weighted by atomic mass is 16.2. The van der Waals surface area contributed by atoms with Crippen molar-refractivity contribution in [2.75, 3.05) is 5.73 Å². The maximum absolute atomic E-state index is 14.1. The number of fused-ring (bicyclic) bond motifs is 3. The van der Waals surface area contributed by atoms with Gasteiger partial charge < -0.3 is 16.4 Å². The molecule has 3 saturated carbocycles. The summed E-state index contributed by atoms with van der Waals surface area (Å²) in [5, 5.41) is 8.85. The molecular formula is C24H31N7O2. The molecule has 2 aromatic rings. The summed E-state index contributed by atoms with van der Waals surface area (Å²) in [5.74, 6) is 0.684. The molecule has 1 aliphatic heterocycles. The molecule has 3 aliphatic carbocycles. The van der Waals surface area contributed by atoms with Gasteiger partial charge in [0.05, 0.1) is 17.2 Å². The van der Waals surface area contributed by atoms with Crippen molar-refractivity contribution in [2.24, 2.45) is 17.1 Å². The lowest BCUT2D eigenvalue weighted by Crippen LogP contribution is -2.53. The van der Waals surface area contributed by atoms with Crippen LogP contribution in [0.4, 0.5) is 5.82 Å². The molecule has 174 valence electrons. The van der Waals surface area contributed by atoms with Crippen molar-refractivity contribution in [3.63, 3.8) is 0 Å². The Balaban J connectivity index is 1.26. The van der Waals surface area contributed by atoms with Gasteiger partial charge in [-0.05, 0) is 69.4 Å². The number of nitrogens with zero attached hydrogens (tertiary/aromatic N) is 5. The van der Waals surface area contributed by atoms with Crippen LogP contribution in [0.25, 0.3) is 11.3 Å². The van der Waals surface area contributed by atoms with E-state index in [0.29, 0.717) is 11.7 Å². The zero-order valence-corrected chi connectivity index (χ0v) is 18.8. The molecule has 6 rings (SSSR count). The Morgan fingerprint density at radius 3 is 2.61 bits per heavy atom. The first-order valence-corrected chi connectivity index (χ1v) is 12.2. The van der Waals surface area contributed by atoms with Gasteiger partial charge in [0.1, 0.15) is 17.6 Å². The van der Waals surface area contributed by atoms with Crippen LogP contribution in [0.2, 0.25) is 0 Å². The largest absolute Gasteiger partial charge is 0.384 e. The van der Waals surface area contributed by atoms with Gasteiger partial charge in [0, 0.05) is 17.8 Å². The predicted molar refractivity (Wildman–Crippen MR) is 121 cm³/mol. The fourth-order valence-electron chi connectivity index (χ4n) is 7.24. The van der Waals surface area contributed by atoms with Crippen molar-refractivity contribution in [1.82, 2.24) is 24.9 Å². The minimum Gasteiger partial charge on any atom is -0.384 e. The number of carbonyl (C=O) groups is 2. The van der Waals surface area contributed by atoms with Crippen LogP contribution >= 0.6 is 0 Å². The van der Waals surface area contributed by atoms with Crippen molar-refractivity contribution in [1.29, 1.82) is 0 Å². The summed E-state index contributed by atoms with van der Waals surface area (Å²) in [4.78, 5) is 32.5. The molecule has 3 unspecified atom stereocenters. The summed E-state index contributed by atoms with van der Waals surface area (Å²) < 4.78 is 1.97. The van der Waals surface area contributed by atoms with E-state index in [2.05, 4.69) is 15.3 Å². The first-order chi connectivity index (χ1) is 15.9. The highest BCUT2D eigenvalue weighted by Gasteiger charge is 2.62. The lowest BCUT2D eigenvalue weighted by molar-refractivity contribution is -0.148. The molecule has 2 bridgehead atoms. The van der Waals surface area contributed by atoms with Crippen LogP contribution in [0, 0.1) is 11.3 Å². The van der Waals surface area contributed by atoms with Crippen molar-refractivity contribution < 1.29 is 9.59 Å². The number of nitrogen functional groups attached to an aromatic ring is 1. The van der Waals surface area contributed by atoms with E-state index in [9.17, 15) is 9.59 Å². The Kier molecular flexibility index (Phi) is 4.54. The Morgan fingerprint density at radius 1 is 1.09 bits per heavy atom. The Labute approximate surface area is 192 Å². The molecule has 2 aromatic heterocycles. The van der Waals surface area contributed by atoms with Crippen LogP contribution in [0.15, 0.2) is 24.5 Å². The molecule has 0 radical (unpaired) electrons. The van der Waals surface area contributed by atoms with Crippen LogP contribution in [-0.2, 0) is 15.1 Å². The lowest BCUT2D eigenvalue weighted by Gasteiger charge is -2.38. The molecule has 33 heavy (non-hydrogen) atoms. The van der Waals surface area contributed by atoms with E-state index in [-0.39, 0.29) is 23.4 Å². The summed E-state index contributed by atoms with van der Waals surface area (Å²) in [5.41, 5.74) is 12.5. The number of pyridine rings is 1. The third kappa shape index (κ3) is 3.08. The van der Waals surface area contributed by atoms with Crippen LogP contribution < -0.4 is 11.5 Å². The number of likely N-dealkylation sites (tertiary alicyclic amines) is 1. The van der Waals surface area contributed by atoms with Gasteiger partial charge in [-0.3, -0.25) is 9.59 Å². The first kappa shape index (κ1) is 20.6. The van der Waals surface area contributed by atoms with E-state index in [1.165, 1.54) is 6.42 Å². The monoisotopic (exact) mass is 449 g/mol. The van der Waals surface area contributed by atoms with Gasteiger partial charge in [-0.1, -0.05) is 18.1 Å². The van der Waals surface area contributed by atoms with Crippen LogP contribution in [0.5, 0.6) is 0 Å². The SMILES string of the molecule is NC(=O)C1CC2CCCCC2N1C(=O)C12CCC(n3cc(-c4ccc(N)nc4)nn3)(CC1)C2. The highest BCUT2D eigenvalue weighted by molar-refractivity contribution is 5.91. The lowest BCUT2D eigenvalue weighted by atomic mass is 9.81. The van der Waals surface area contributed by atoms with E-state index < -0.39 is 11.5 Å². The molecule has 4 aliphatic rings. The standard InChI is InChI=1S/C24H31N7O2/c25-20-6-5-16(12-27-20)17-13-30(29-28-17)24-9-7-23(14-24,8-10-24)22(33)31-18-4-2-1-3-15(18)11-19(31)21(26)32/h5-6,12-13,15,18-19H,1-4,7-11,14H2,(H2,25,27)(H2,26,32). The van der Waals surface area contributed by atoms with Gasteiger partial charge in [-0.2, -0.15) is 0 Å². The van der Waals surface area contributed by atoms with Gasteiger partial charge in [0.25, 0.3) is 0 Å². The molecule has 2 amide bonds. The van der Waals surface area contributed by atoms with Crippen molar-refractivity contribution in [2.45, 2.75) is 81.8 Å². The number of nitrogens with two attached hydrogens (primary N) is 2. The summed E-state index contributed by atoms with van der Waals surface area (Å²) in [6, 6.07) is 3.37. The molecule has 0 aromatic carbocycles. The number of amides is 2. The van der Waals surface area contributed by atoms with E-state index in [0.717, 1.165) is 69.0 Å². The van der Waals surface area contributed by atoms with Gasteiger partial charge in [-0.25, -0.2) is 9.67 Å². The third-order valence-corrected chi connectivity index (χ3v) is 8.97. The predicted octanol–water partition coefficient (Wildman–Crippen LogP) is 2.23. The molecule has 9 nitrogen and oxygen atoms in total. The second kappa shape index (κ2) is 7.27. The maximum Gasteiger partial charge on any atom is 0.240 e. The van der Waals surface area contributed by atoms with Gasteiger partial charge in [-0.15, -0.1) is 5.10 Å². The van der Waals surface area contributed by atoms with Crippen LogP contribution in [0.3, 0.4) is 0 Å². The number of primary amides is 1. The zero-order valence-electron chi connectivity index (χ0n) is 18.8. The molecule has 3 heterocycles. The number of hydrogen-bond acceptors (Lipinski definition) is 6. The van der Waals surface area contributed by atoms with Gasteiger partial charge >= 0.3 is 0 Å². The average Bonchev–Trinajstić information content (AvgIpc) is 3.60. The minimum absolute atomic E-state index is 0.156. The Hall–Kier alpha value is -2.97. The van der Waals surface area contributed by atoms with Crippen molar-refractivity contribution in [3.05, 3.63) is 24.5 Å². The quantitative estimate of drug-likeness (QED) is 0.735. The number of hydrogen-bond donors (Lipinski definition) is 2. The molecule has 9 heteroatoms. The van der Waals surface area contributed by atoms with E-state index in [1.54, 1.807) is 12.3 Å². The van der Waals surface area contributed by atoms with Crippen molar-refractivity contribution in [3.8, 4) is 11.3 Å². The number of rotatable bonds is 4. The molecule has 1 saturated heterocycles. The number of carbonyl (C=O) groups excluding carboxylic acids is 2. The summed E-state index contributed by atoms with van der Waals surface area (Å²) >= 11 is 0. The topological polar surface area (TPSA) is 133 Å². The Morgan fingerprint density at radius 2 is 1.88 bits per heavy atom. The van der Waals surface area contributed by atoms with Gasteiger partial charge in [0.15, 0.2) is 0 Å². The smallest absolute Gasteiger partial charge is 0.240 e. The van der Waals surface area contributed by atoms with E-state index in [1.807, 2.05) is 21.8 Å². The molecule has 4 N–H and O–H groups in total. The average molecular weight is 450 g/mol. The highest BCUT2D eigenvalue weighted by Crippen LogP contribution is 2.61. The number of anilines is 1. The molecular weight excluding hydrogens is 418 g/mol. The first-order valence-electron chi connectivity index (χ1n) is 12.2. The fourth-order valence-corrected chi connectivity index (χ4v) is 7.24. The number of aromatic nitrogens is 4. The van der Waals surface area contributed by atoms with E-state index >= 15 is 0 Å². The summed E-state index contributed by atoms with van der Waals surface area (Å²) in [6.07, 6.45) is 13.0. The second-order valence-corrected chi connectivity index (χ2v) is 10.7. The molecule has 3 atom stereocenters. The zero-order chi connectivity index (χ0) is 22.8. The Bertz CT molecular complexity index is 1090. The fraction of sp³-hybridized carbons (Fsp3) is 0.625. The van der Waals surface area contributed by atoms with Crippen LogP contribution in [0.1, 0.15) is 64.2 Å².